The Morgan fingerprint density at radius 2 is 1.62 bits per heavy atom. The van der Waals surface area contributed by atoms with Gasteiger partial charge in [-0.1, -0.05) is 60.7 Å². The molecular formula is C20H22N4O2. The average molecular weight is 350 g/mol. The maximum absolute atomic E-state index is 12.6. The van der Waals surface area contributed by atoms with E-state index in [2.05, 4.69) is 10.6 Å². The number of urea groups is 1. The number of hydrogen-bond donors (Lipinski definition) is 2. The van der Waals surface area contributed by atoms with Gasteiger partial charge < -0.3 is 10.6 Å². The molecule has 2 aromatic rings. The maximum Gasteiger partial charge on any atom is 0.315 e. The largest absolute Gasteiger partial charge is 0.334 e. The maximum atomic E-state index is 12.6. The highest BCUT2D eigenvalue weighted by atomic mass is 16.2. The molecule has 3 amide bonds. The van der Waals surface area contributed by atoms with Crippen LogP contribution >= 0.6 is 0 Å². The lowest BCUT2D eigenvalue weighted by molar-refractivity contribution is -0.129. The van der Waals surface area contributed by atoms with E-state index in [0.717, 1.165) is 16.0 Å². The molecule has 0 bridgehead atoms. The van der Waals surface area contributed by atoms with Gasteiger partial charge in [0, 0.05) is 19.5 Å². The SMILES string of the molecule is CCN(C#N)C(=O)C(Cc1ccccc1)NC(=O)NCc1ccccc1. The second kappa shape index (κ2) is 9.84. The minimum absolute atomic E-state index is 0.258. The number of amides is 3. The molecule has 2 rings (SSSR count). The Balaban J connectivity index is 2.03. The van der Waals surface area contributed by atoms with E-state index in [1.807, 2.05) is 66.9 Å². The smallest absolute Gasteiger partial charge is 0.315 e. The quantitative estimate of drug-likeness (QED) is 0.594. The number of likely N-dealkylation sites (N-methyl/N-ethyl adjacent to an activating group) is 1. The number of hydrogen-bond acceptors (Lipinski definition) is 3. The van der Waals surface area contributed by atoms with Crippen LogP contribution in [-0.4, -0.2) is 29.4 Å². The van der Waals surface area contributed by atoms with E-state index < -0.39 is 18.0 Å². The summed E-state index contributed by atoms with van der Waals surface area (Å²) in [5.41, 5.74) is 1.86. The zero-order valence-corrected chi connectivity index (χ0v) is 14.7. The molecule has 0 aliphatic carbocycles. The Morgan fingerprint density at radius 3 is 2.15 bits per heavy atom. The minimum Gasteiger partial charge on any atom is -0.334 e. The second-order valence-electron chi connectivity index (χ2n) is 5.74. The Labute approximate surface area is 153 Å². The molecule has 0 aromatic heterocycles. The summed E-state index contributed by atoms with van der Waals surface area (Å²) in [4.78, 5) is 25.9. The molecule has 0 saturated heterocycles. The van der Waals surface area contributed by atoms with Gasteiger partial charge in [0.1, 0.15) is 6.04 Å². The van der Waals surface area contributed by atoms with Crippen molar-refractivity contribution in [1.29, 1.82) is 5.26 Å². The zero-order chi connectivity index (χ0) is 18.8. The topological polar surface area (TPSA) is 85.2 Å². The summed E-state index contributed by atoms with van der Waals surface area (Å²) in [6.45, 7) is 2.33. The summed E-state index contributed by atoms with van der Waals surface area (Å²) in [5.74, 6) is -0.422. The molecule has 0 radical (unpaired) electrons. The van der Waals surface area contributed by atoms with Crippen LogP contribution in [0.5, 0.6) is 0 Å². The van der Waals surface area contributed by atoms with Crippen LogP contribution in [0.4, 0.5) is 4.79 Å². The van der Waals surface area contributed by atoms with Crippen LogP contribution in [0.2, 0.25) is 0 Å². The van der Waals surface area contributed by atoms with Gasteiger partial charge in [-0.25, -0.2) is 9.69 Å². The molecule has 0 aliphatic heterocycles. The molecule has 6 heteroatoms. The lowest BCUT2D eigenvalue weighted by atomic mass is 10.0. The summed E-state index contributed by atoms with van der Waals surface area (Å²) >= 11 is 0. The van der Waals surface area contributed by atoms with Gasteiger partial charge >= 0.3 is 6.03 Å². The summed E-state index contributed by atoms with van der Waals surface area (Å²) in [6, 6.07) is 17.6. The number of carbonyl (C=O) groups excluding carboxylic acids is 2. The average Bonchev–Trinajstić information content (AvgIpc) is 2.68. The molecule has 0 heterocycles. The first-order chi connectivity index (χ1) is 12.6. The van der Waals surface area contributed by atoms with Crippen LogP contribution < -0.4 is 10.6 Å². The highest BCUT2D eigenvalue weighted by Crippen LogP contribution is 2.06. The van der Waals surface area contributed by atoms with Crippen molar-refractivity contribution in [3.63, 3.8) is 0 Å². The fourth-order valence-corrected chi connectivity index (χ4v) is 2.50. The van der Waals surface area contributed by atoms with Gasteiger partial charge in [-0.2, -0.15) is 5.26 Å². The van der Waals surface area contributed by atoms with E-state index >= 15 is 0 Å². The van der Waals surface area contributed by atoms with E-state index in [0.29, 0.717) is 13.0 Å². The third-order valence-corrected chi connectivity index (χ3v) is 3.88. The third-order valence-electron chi connectivity index (χ3n) is 3.88. The van der Waals surface area contributed by atoms with Gasteiger partial charge in [0.25, 0.3) is 5.91 Å². The van der Waals surface area contributed by atoms with Gasteiger partial charge in [0.2, 0.25) is 0 Å². The first-order valence-corrected chi connectivity index (χ1v) is 8.47. The van der Waals surface area contributed by atoms with Gasteiger partial charge in [0.05, 0.1) is 0 Å². The van der Waals surface area contributed by atoms with Crippen molar-refractivity contribution >= 4 is 11.9 Å². The number of rotatable bonds is 7. The molecule has 26 heavy (non-hydrogen) atoms. The van der Waals surface area contributed by atoms with Crippen molar-refractivity contribution in [2.24, 2.45) is 0 Å². The second-order valence-corrected chi connectivity index (χ2v) is 5.74. The fraction of sp³-hybridized carbons (Fsp3) is 0.250. The standard InChI is InChI=1S/C20H22N4O2/c1-2-24(15-21)19(25)18(13-16-9-5-3-6-10-16)23-20(26)22-14-17-11-7-4-8-12-17/h3-12,18H,2,13-14H2,1H3,(H2,22,23,26). The van der Waals surface area contributed by atoms with E-state index in [1.54, 1.807) is 6.92 Å². The molecule has 0 aliphatic rings. The van der Waals surface area contributed by atoms with E-state index in [9.17, 15) is 9.59 Å². The van der Waals surface area contributed by atoms with Gasteiger partial charge in [0.15, 0.2) is 6.19 Å². The Hall–Kier alpha value is -3.33. The molecule has 2 aromatic carbocycles. The van der Waals surface area contributed by atoms with Gasteiger partial charge in [-0.3, -0.25) is 4.79 Å². The fourth-order valence-electron chi connectivity index (χ4n) is 2.50. The van der Waals surface area contributed by atoms with E-state index in [-0.39, 0.29) is 6.54 Å². The monoisotopic (exact) mass is 350 g/mol. The van der Waals surface area contributed by atoms with Crippen LogP contribution in [0.3, 0.4) is 0 Å². The molecule has 2 N–H and O–H groups in total. The molecule has 0 spiro atoms. The van der Waals surface area contributed by atoms with Crippen LogP contribution in [0.25, 0.3) is 0 Å². The predicted molar refractivity (Wildman–Crippen MR) is 98.7 cm³/mol. The summed E-state index contributed by atoms with van der Waals surface area (Å²) in [5, 5.41) is 14.6. The van der Waals surface area contributed by atoms with E-state index in [4.69, 9.17) is 5.26 Å². The van der Waals surface area contributed by atoms with Crippen molar-refractivity contribution in [3.05, 3.63) is 71.8 Å². The van der Waals surface area contributed by atoms with Crippen molar-refractivity contribution in [2.45, 2.75) is 25.9 Å². The molecule has 1 atom stereocenters. The summed E-state index contributed by atoms with van der Waals surface area (Å²) in [6.07, 6.45) is 2.18. The first-order valence-electron chi connectivity index (χ1n) is 8.47. The van der Waals surface area contributed by atoms with Gasteiger partial charge in [-0.05, 0) is 18.1 Å². The summed E-state index contributed by atoms with van der Waals surface area (Å²) < 4.78 is 0. The van der Waals surface area contributed by atoms with Gasteiger partial charge in [-0.15, -0.1) is 0 Å². The molecule has 0 fully saturated rings. The molecule has 134 valence electrons. The zero-order valence-electron chi connectivity index (χ0n) is 14.7. The van der Waals surface area contributed by atoms with Crippen LogP contribution in [0, 0.1) is 11.5 Å². The van der Waals surface area contributed by atoms with Crippen molar-refractivity contribution in [2.75, 3.05) is 6.54 Å². The normalized spacial score (nSPS) is 11.1. The number of nitrogens with zero attached hydrogens (tertiary/aromatic N) is 2. The highest BCUT2D eigenvalue weighted by Gasteiger charge is 2.25. The number of benzene rings is 2. The van der Waals surface area contributed by atoms with Crippen LogP contribution in [0.15, 0.2) is 60.7 Å². The van der Waals surface area contributed by atoms with Crippen LogP contribution in [0.1, 0.15) is 18.1 Å². The Morgan fingerprint density at radius 1 is 1.04 bits per heavy atom. The Bertz CT molecular complexity index is 756. The Kier molecular flexibility index (Phi) is 7.19. The molecule has 0 saturated carbocycles. The molecular weight excluding hydrogens is 328 g/mol. The number of nitriles is 1. The lowest BCUT2D eigenvalue weighted by Crippen LogP contribution is -2.51. The predicted octanol–water partition coefficient (Wildman–Crippen LogP) is 2.43. The highest BCUT2D eigenvalue weighted by molar-refractivity contribution is 5.88. The molecule has 1 unspecified atom stereocenters. The lowest BCUT2D eigenvalue weighted by Gasteiger charge is -2.22. The van der Waals surface area contributed by atoms with Crippen molar-refractivity contribution in [1.82, 2.24) is 15.5 Å². The van der Waals surface area contributed by atoms with E-state index in [1.165, 1.54) is 0 Å². The molecule has 6 nitrogen and oxygen atoms in total. The summed E-state index contributed by atoms with van der Waals surface area (Å²) in [7, 11) is 0. The number of carbonyl (C=O) groups is 2. The van der Waals surface area contributed by atoms with Crippen molar-refractivity contribution in [3.8, 4) is 6.19 Å². The third kappa shape index (κ3) is 5.64. The first kappa shape index (κ1) is 19.0. The van der Waals surface area contributed by atoms with Crippen molar-refractivity contribution < 1.29 is 9.59 Å². The number of nitrogens with one attached hydrogen (secondary N) is 2. The minimum atomic E-state index is -0.812. The van der Waals surface area contributed by atoms with Crippen LogP contribution in [-0.2, 0) is 17.8 Å².